The number of anilines is 3. The van der Waals surface area contributed by atoms with Gasteiger partial charge in [-0.15, -0.1) is 0 Å². The topological polar surface area (TPSA) is 16.4 Å². The molecule has 2 nitrogen and oxygen atoms in total. The van der Waals surface area contributed by atoms with Crippen molar-refractivity contribution in [1.29, 1.82) is 0 Å². The van der Waals surface area contributed by atoms with Crippen LogP contribution in [0.4, 0.5) is 17.1 Å². The van der Waals surface area contributed by atoms with Crippen LogP contribution in [-0.4, -0.2) is 0 Å². The highest BCUT2D eigenvalue weighted by atomic mass is 16.3. The molecule has 0 atom stereocenters. The predicted octanol–water partition coefficient (Wildman–Crippen LogP) is 12.7. The SMILES string of the molecule is CC1(C)c2ccccc2-c2ccc(N(c3ccccc3)c3cccc4oc5ccc(C6(C)c7ccccc7-c7ccccc76)cc5c34)cc21. The van der Waals surface area contributed by atoms with Gasteiger partial charge in [-0.25, -0.2) is 0 Å². The molecule has 0 amide bonds. The van der Waals surface area contributed by atoms with Crippen molar-refractivity contribution in [2.24, 2.45) is 0 Å². The van der Waals surface area contributed by atoms with Gasteiger partial charge in [0.1, 0.15) is 11.2 Å². The number of hydrogen-bond donors (Lipinski definition) is 0. The van der Waals surface area contributed by atoms with Gasteiger partial charge in [-0.2, -0.15) is 0 Å². The first kappa shape index (κ1) is 28.2. The van der Waals surface area contributed by atoms with Gasteiger partial charge < -0.3 is 9.32 Å². The van der Waals surface area contributed by atoms with Crippen molar-refractivity contribution in [3.05, 3.63) is 186 Å². The first-order chi connectivity index (χ1) is 23.9. The second-order valence-electron chi connectivity index (χ2n) is 14.3. The number of nitrogens with zero attached hydrogens (tertiary/aromatic N) is 1. The molecule has 0 N–H and O–H groups in total. The normalized spacial score (nSPS) is 14.8. The van der Waals surface area contributed by atoms with Crippen LogP contribution in [0.2, 0.25) is 0 Å². The van der Waals surface area contributed by atoms with Crippen LogP contribution >= 0.6 is 0 Å². The molecule has 1 aromatic heterocycles. The van der Waals surface area contributed by atoms with Gasteiger partial charge in [0.05, 0.1) is 11.1 Å². The summed E-state index contributed by atoms with van der Waals surface area (Å²) in [7, 11) is 0. The number of hydrogen-bond acceptors (Lipinski definition) is 2. The maximum atomic E-state index is 6.63. The van der Waals surface area contributed by atoms with E-state index < -0.39 is 0 Å². The standard InChI is InChI=1S/C47H35NO/c1-46(2)38-19-10-7-16-33(38)36-26-25-32(29-41(36)46)48(31-14-5-4-6-15-31)42-22-13-23-44-45(42)37-28-30(24-27-43(37)49-44)47(3)39-20-11-8-17-34(39)35-18-9-12-21-40(35)47/h4-29H,1-3H3. The van der Waals surface area contributed by atoms with E-state index in [4.69, 9.17) is 4.42 Å². The summed E-state index contributed by atoms with van der Waals surface area (Å²) in [5.74, 6) is 0. The van der Waals surface area contributed by atoms with Gasteiger partial charge in [0.15, 0.2) is 0 Å². The van der Waals surface area contributed by atoms with Crippen LogP contribution in [0.1, 0.15) is 48.6 Å². The highest BCUT2D eigenvalue weighted by Crippen LogP contribution is 2.54. The number of para-hydroxylation sites is 1. The summed E-state index contributed by atoms with van der Waals surface area (Å²) in [5, 5.41) is 2.25. The Morgan fingerprint density at radius 1 is 0.449 bits per heavy atom. The van der Waals surface area contributed by atoms with Crippen LogP contribution in [0, 0.1) is 0 Å². The average molecular weight is 630 g/mol. The van der Waals surface area contributed by atoms with Crippen molar-refractivity contribution in [2.75, 3.05) is 4.90 Å². The van der Waals surface area contributed by atoms with Crippen LogP contribution in [0.25, 0.3) is 44.2 Å². The quantitative estimate of drug-likeness (QED) is 0.193. The second-order valence-corrected chi connectivity index (χ2v) is 14.3. The molecule has 8 aromatic rings. The molecule has 0 spiro atoms. The summed E-state index contributed by atoms with van der Waals surface area (Å²) in [6.45, 7) is 7.07. The highest BCUT2D eigenvalue weighted by molar-refractivity contribution is 6.13. The van der Waals surface area contributed by atoms with E-state index in [1.54, 1.807) is 0 Å². The number of rotatable bonds is 4. The Morgan fingerprint density at radius 3 is 1.78 bits per heavy atom. The lowest BCUT2D eigenvalue weighted by molar-refractivity contribution is 0.660. The van der Waals surface area contributed by atoms with Gasteiger partial charge in [-0.3, -0.25) is 0 Å². The Balaban J connectivity index is 1.21. The van der Waals surface area contributed by atoms with Gasteiger partial charge >= 0.3 is 0 Å². The summed E-state index contributed by atoms with van der Waals surface area (Å²) >= 11 is 0. The Morgan fingerprint density at radius 2 is 1.06 bits per heavy atom. The van der Waals surface area contributed by atoms with E-state index >= 15 is 0 Å². The van der Waals surface area contributed by atoms with Gasteiger partial charge in [0, 0.05) is 27.6 Å². The minimum absolute atomic E-state index is 0.100. The molecule has 0 fully saturated rings. The van der Waals surface area contributed by atoms with Crippen molar-refractivity contribution in [3.8, 4) is 22.3 Å². The van der Waals surface area contributed by atoms with Crippen LogP contribution in [0.15, 0.2) is 162 Å². The van der Waals surface area contributed by atoms with Crippen molar-refractivity contribution in [3.63, 3.8) is 0 Å². The molecule has 0 saturated heterocycles. The van der Waals surface area contributed by atoms with Crippen molar-refractivity contribution in [1.82, 2.24) is 0 Å². The lowest BCUT2D eigenvalue weighted by Crippen LogP contribution is -2.22. The molecular formula is C47H35NO. The maximum absolute atomic E-state index is 6.63. The summed E-state index contributed by atoms with van der Waals surface area (Å²) < 4.78 is 6.63. The molecular weight excluding hydrogens is 595 g/mol. The van der Waals surface area contributed by atoms with Gasteiger partial charge in [0.2, 0.25) is 0 Å². The molecule has 2 aliphatic rings. The first-order valence-corrected chi connectivity index (χ1v) is 17.2. The third-order valence-corrected chi connectivity index (χ3v) is 11.4. The van der Waals surface area contributed by atoms with Gasteiger partial charge in [0.25, 0.3) is 0 Å². The molecule has 7 aromatic carbocycles. The minimum Gasteiger partial charge on any atom is -0.456 e. The molecule has 234 valence electrons. The zero-order valence-electron chi connectivity index (χ0n) is 27.9. The third-order valence-electron chi connectivity index (χ3n) is 11.4. The lowest BCUT2D eigenvalue weighted by atomic mass is 9.74. The predicted molar refractivity (Wildman–Crippen MR) is 203 cm³/mol. The molecule has 49 heavy (non-hydrogen) atoms. The molecule has 1 heterocycles. The Labute approximate surface area is 286 Å². The fourth-order valence-corrected chi connectivity index (χ4v) is 8.91. The smallest absolute Gasteiger partial charge is 0.137 e. The molecule has 0 bridgehead atoms. The fourth-order valence-electron chi connectivity index (χ4n) is 8.91. The fraction of sp³-hybridized carbons (Fsp3) is 0.106. The molecule has 0 unspecified atom stereocenters. The average Bonchev–Trinajstić information content (AvgIpc) is 3.73. The Kier molecular flexibility index (Phi) is 5.79. The Hall–Kier alpha value is -5.86. The van der Waals surface area contributed by atoms with Crippen LogP contribution in [0.5, 0.6) is 0 Å². The highest BCUT2D eigenvalue weighted by Gasteiger charge is 2.41. The van der Waals surface area contributed by atoms with E-state index in [-0.39, 0.29) is 10.8 Å². The largest absolute Gasteiger partial charge is 0.456 e. The summed E-state index contributed by atoms with van der Waals surface area (Å²) in [6, 6.07) is 57.6. The monoisotopic (exact) mass is 629 g/mol. The van der Waals surface area contributed by atoms with Gasteiger partial charge in [-0.1, -0.05) is 123 Å². The summed E-state index contributed by atoms with van der Waals surface area (Å²) in [6.07, 6.45) is 0. The van der Waals surface area contributed by atoms with Crippen molar-refractivity contribution >= 4 is 39.0 Å². The zero-order valence-corrected chi connectivity index (χ0v) is 27.9. The molecule has 2 aliphatic carbocycles. The van der Waals surface area contributed by atoms with E-state index in [2.05, 4.69) is 183 Å². The second kappa shape index (κ2) is 10.1. The van der Waals surface area contributed by atoms with E-state index in [1.165, 1.54) is 50.1 Å². The molecule has 0 saturated carbocycles. The van der Waals surface area contributed by atoms with Gasteiger partial charge in [-0.05, 0) is 106 Å². The van der Waals surface area contributed by atoms with Crippen LogP contribution in [0.3, 0.4) is 0 Å². The number of fused-ring (bicyclic) bond motifs is 9. The molecule has 0 aliphatic heterocycles. The maximum Gasteiger partial charge on any atom is 0.137 e. The molecule has 2 heteroatoms. The summed E-state index contributed by atoms with van der Waals surface area (Å²) in [4.78, 5) is 2.41. The molecule has 10 rings (SSSR count). The first-order valence-electron chi connectivity index (χ1n) is 17.2. The van der Waals surface area contributed by atoms with E-state index in [9.17, 15) is 0 Å². The van der Waals surface area contributed by atoms with Crippen molar-refractivity contribution < 1.29 is 4.42 Å². The van der Waals surface area contributed by atoms with E-state index in [1.807, 2.05) is 0 Å². The van der Waals surface area contributed by atoms with Crippen LogP contribution < -0.4 is 4.90 Å². The summed E-state index contributed by atoms with van der Waals surface area (Å²) in [5.41, 5.74) is 16.7. The Bertz CT molecular complexity index is 2560. The van der Waals surface area contributed by atoms with Crippen LogP contribution in [-0.2, 0) is 10.8 Å². The van der Waals surface area contributed by atoms with E-state index in [0.717, 1.165) is 39.0 Å². The number of benzene rings is 7. The number of furan rings is 1. The third kappa shape index (κ3) is 3.83. The molecule has 0 radical (unpaired) electrons. The lowest BCUT2D eigenvalue weighted by Gasteiger charge is -2.29. The van der Waals surface area contributed by atoms with Crippen molar-refractivity contribution in [2.45, 2.75) is 31.6 Å². The minimum atomic E-state index is -0.292. The zero-order chi connectivity index (χ0) is 32.9. The van der Waals surface area contributed by atoms with E-state index in [0.29, 0.717) is 0 Å².